The van der Waals surface area contributed by atoms with E-state index < -0.39 is 11.7 Å². The van der Waals surface area contributed by atoms with E-state index in [2.05, 4.69) is 4.98 Å². The predicted molar refractivity (Wildman–Crippen MR) is 85.1 cm³/mol. The van der Waals surface area contributed by atoms with Crippen LogP contribution in [0.15, 0.2) is 42.6 Å². The molecule has 3 nitrogen and oxygen atoms in total. The Labute approximate surface area is 136 Å². The van der Waals surface area contributed by atoms with Crippen LogP contribution in [0, 0.1) is 6.92 Å². The average Bonchev–Trinajstić information content (AvgIpc) is 2.54. The molecule has 0 saturated carbocycles. The minimum Gasteiger partial charge on any atom is -0.508 e. The second-order valence-corrected chi connectivity index (χ2v) is 5.43. The summed E-state index contributed by atoms with van der Waals surface area (Å²) in [6.07, 6.45) is -3.08. The zero-order valence-electron chi connectivity index (χ0n) is 13.0. The van der Waals surface area contributed by atoms with Crippen molar-refractivity contribution in [3.63, 3.8) is 0 Å². The first-order valence-electron chi connectivity index (χ1n) is 7.15. The SMILES string of the molecule is COc1cc2c(-c3ccc(C)c(O)c3)ccnc2cc1C(F)(F)F. The number of aromatic nitrogens is 1. The highest BCUT2D eigenvalue weighted by molar-refractivity contribution is 5.96. The summed E-state index contributed by atoms with van der Waals surface area (Å²) in [4.78, 5) is 4.04. The van der Waals surface area contributed by atoms with Gasteiger partial charge in [0.2, 0.25) is 0 Å². The van der Waals surface area contributed by atoms with Crippen molar-refractivity contribution in [1.29, 1.82) is 0 Å². The van der Waals surface area contributed by atoms with E-state index >= 15 is 0 Å². The Bertz CT molecular complexity index is 920. The standard InChI is InChI=1S/C18H14F3NO2/c1-10-3-4-11(7-16(10)23)12-5-6-22-15-9-14(18(19,20)21)17(24-2)8-13(12)15/h3-9,23H,1-2H3. The van der Waals surface area contributed by atoms with E-state index in [1.807, 2.05) is 0 Å². The topological polar surface area (TPSA) is 42.4 Å². The van der Waals surface area contributed by atoms with Crippen molar-refractivity contribution in [2.24, 2.45) is 0 Å². The molecule has 1 aromatic heterocycles. The monoisotopic (exact) mass is 333 g/mol. The number of pyridine rings is 1. The van der Waals surface area contributed by atoms with Gasteiger partial charge in [-0.1, -0.05) is 12.1 Å². The highest BCUT2D eigenvalue weighted by Crippen LogP contribution is 2.40. The second kappa shape index (κ2) is 5.70. The van der Waals surface area contributed by atoms with Gasteiger partial charge in [0.15, 0.2) is 0 Å². The summed E-state index contributed by atoms with van der Waals surface area (Å²) in [5.74, 6) is -0.142. The molecule has 0 aliphatic rings. The van der Waals surface area contributed by atoms with Crippen molar-refractivity contribution in [2.45, 2.75) is 13.1 Å². The Morgan fingerprint density at radius 2 is 1.83 bits per heavy atom. The molecule has 0 radical (unpaired) electrons. The number of phenols is 1. The molecule has 1 heterocycles. The zero-order chi connectivity index (χ0) is 17.5. The summed E-state index contributed by atoms with van der Waals surface area (Å²) in [5.41, 5.74) is 1.42. The van der Waals surface area contributed by atoms with Gasteiger partial charge in [-0.3, -0.25) is 4.98 Å². The molecule has 0 saturated heterocycles. The van der Waals surface area contributed by atoms with Gasteiger partial charge in [-0.25, -0.2) is 0 Å². The molecule has 1 N–H and O–H groups in total. The molecular weight excluding hydrogens is 319 g/mol. The number of nitrogens with zero attached hydrogens (tertiary/aromatic N) is 1. The maximum Gasteiger partial charge on any atom is 0.420 e. The van der Waals surface area contributed by atoms with E-state index in [1.165, 1.54) is 19.4 Å². The number of aryl methyl sites for hydroxylation is 1. The van der Waals surface area contributed by atoms with Gasteiger partial charge in [0.25, 0.3) is 0 Å². The molecule has 124 valence electrons. The van der Waals surface area contributed by atoms with Crippen LogP contribution in [-0.2, 0) is 6.18 Å². The number of methoxy groups -OCH3 is 1. The maximum absolute atomic E-state index is 13.1. The molecule has 0 fully saturated rings. The summed E-state index contributed by atoms with van der Waals surface area (Å²) in [6, 6.07) is 9.13. The number of hydrogen-bond acceptors (Lipinski definition) is 3. The summed E-state index contributed by atoms with van der Waals surface area (Å²) >= 11 is 0. The van der Waals surface area contributed by atoms with Gasteiger partial charge >= 0.3 is 6.18 Å². The highest BCUT2D eigenvalue weighted by atomic mass is 19.4. The lowest BCUT2D eigenvalue weighted by molar-refractivity contribution is -0.138. The fraction of sp³-hybridized carbons (Fsp3) is 0.167. The van der Waals surface area contributed by atoms with E-state index in [4.69, 9.17) is 4.74 Å². The molecular formula is C18H14F3NO2. The number of benzene rings is 2. The normalized spacial score (nSPS) is 11.7. The molecule has 0 amide bonds. The van der Waals surface area contributed by atoms with Crippen LogP contribution in [0.5, 0.6) is 11.5 Å². The largest absolute Gasteiger partial charge is 0.508 e. The Morgan fingerprint density at radius 3 is 2.46 bits per heavy atom. The minimum atomic E-state index is -4.53. The minimum absolute atomic E-state index is 0.122. The first kappa shape index (κ1) is 16.1. The number of halogens is 3. The van der Waals surface area contributed by atoms with E-state index in [-0.39, 0.29) is 17.0 Å². The third-order valence-corrected chi connectivity index (χ3v) is 3.89. The maximum atomic E-state index is 13.1. The van der Waals surface area contributed by atoms with E-state index in [9.17, 15) is 18.3 Å². The first-order valence-corrected chi connectivity index (χ1v) is 7.15. The smallest absolute Gasteiger partial charge is 0.420 e. The zero-order valence-corrected chi connectivity index (χ0v) is 13.0. The van der Waals surface area contributed by atoms with Crippen LogP contribution in [-0.4, -0.2) is 17.2 Å². The van der Waals surface area contributed by atoms with Crippen molar-refractivity contribution in [3.8, 4) is 22.6 Å². The fourth-order valence-electron chi connectivity index (χ4n) is 2.59. The molecule has 2 aromatic carbocycles. The van der Waals surface area contributed by atoms with Crippen LogP contribution in [0.2, 0.25) is 0 Å². The highest BCUT2D eigenvalue weighted by Gasteiger charge is 2.35. The van der Waals surface area contributed by atoms with Gasteiger partial charge in [-0.05, 0) is 47.9 Å². The summed E-state index contributed by atoms with van der Waals surface area (Å²) in [7, 11) is 1.20. The number of hydrogen-bond donors (Lipinski definition) is 1. The molecule has 0 aliphatic heterocycles. The molecule has 6 heteroatoms. The molecule has 0 unspecified atom stereocenters. The molecule has 0 aliphatic carbocycles. The van der Waals surface area contributed by atoms with Crippen molar-refractivity contribution in [2.75, 3.05) is 7.11 Å². The van der Waals surface area contributed by atoms with Crippen molar-refractivity contribution in [1.82, 2.24) is 4.98 Å². The van der Waals surface area contributed by atoms with Crippen LogP contribution >= 0.6 is 0 Å². The summed E-state index contributed by atoms with van der Waals surface area (Å²) in [6.45, 7) is 1.77. The average molecular weight is 333 g/mol. The van der Waals surface area contributed by atoms with Crippen molar-refractivity contribution < 1.29 is 23.0 Å². The van der Waals surface area contributed by atoms with Crippen molar-refractivity contribution in [3.05, 3.63) is 53.7 Å². The number of ether oxygens (including phenoxy) is 1. The van der Waals surface area contributed by atoms with E-state index in [0.717, 1.165) is 6.07 Å². The van der Waals surface area contributed by atoms with Crippen LogP contribution in [0.4, 0.5) is 13.2 Å². The van der Waals surface area contributed by atoms with E-state index in [0.29, 0.717) is 22.1 Å². The number of alkyl halides is 3. The Morgan fingerprint density at radius 1 is 1.08 bits per heavy atom. The van der Waals surface area contributed by atoms with Crippen LogP contribution in [0.1, 0.15) is 11.1 Å². The molecule has 0 bridgehead atoms. The lowest BCUT2D eigenvalue weighted by Crippen LogP contribution is -2.07. The Balaban J connectivity index is 2.29. The lowest BCUT2D eigenvalue weighted by Gasteiger charge is -2.14. The molecule has 0 spiro atoms. The van der Waals surface area contributed by atoms with Gasteiger partial charge in [-0.15, -0.1) is 0 Å². The van der Waals surface area contributed by atoms with Crippen LogP contribution in [0.25, 0.3) is 22.0 Å². The Hall–Kier alpha value is -2.76. The van der Waals surface area contributed by atoms with Gasteiger partial charge in [0, 0.05) is 11.6 Å². The molecule has 3 aromatic rings. The third-order valence-electron chi connectivity index (χ3n) is 3.89. The third kappa shape index (κ3) is 2.75. The number of aromatic hydroxyl groups is 1. The van der Waals surface area contributed by atoms with Gasteiger partial charge in [0.05, 0.1) is 18.2 Å². The molecule has 3 rings (SSSR count). The van der Waals surface area contributed by atoms with Crippen molar-refractivity contribution >= 4 is 10.9 Å². The molecule has 0 atom stereocenters. The van der Waals surface area contributed by atoms with Crippen LogP contribution < -0.4 is 4.74 Å². The second-order valence-electron chi connectivity index (χ2n) is 5.43. The number of phenolic OH excluding ortho intramolecular Hbond substituents is 1. The van der Waals surface area contributed by atoms with E-state index in [1.54, 1.807) is 31.2 Å². The first-order chi connectivity index (χ1) is 11.3. The number of fused-ring (bicyclic) bond motifs is 1. The predicted octanol–water partition coefficient (Wildman–Crippen LogP) is 4.94. The molecule has 24 heavy (non-hydrogen) atoms. The van der Waals surface area contributed by atoms with Gasteiger partial charge in [-0.2, -0.15) is 13.2 Å². The van der Waals surface area contributed by atoms with Gasteiger partial charge in [0.1, 0.15) is 11.5 Å². The quantitative estimate of drug-likeness (QED) is 0.722. The fourth-order valence-corrected chi connectivity index (χ4v) is 2.59. The Kier molecular flexibility index (Phi) is 3.83. The van der Waals surface area contributed by atoms with Crippen LogP contribution in [0.3, 0.4) is 0 Å². The summed E-state index contributed by atoms with van der Waals surface area (Å²) < 4.78 is 44.3. The lowest BCUT2D eigenvalue weighted by atomic mass is 9.98. The number of rotatable bonds is 2. The summed E-state index contributed by atoms with van der Waals surface area (Å²) in [5, 5.41) is 10.4. The van der Waals surface area contributed by atoms with Gasteiger partial charge < -0.3 is 9.84 Å².